The maximum absolute atomic E-state index is 11.0. The van der Waals surface area contributed by atoms with Gasteiger partial charge in [0.25, 0.3) is 0 Å². The van der Waals surface area contributed by atoms with E-state index in [1.54, 1.807) is 0 Å². The zero-order chi connectivity index (χ0) is 14.3. The van der Waals surface area contributed by atoms with E-state index in [9.17, 15) is 4.79 Å². The van der Waals surface area contributed by atoms with Crippen LogP contribution in [-0.2, 0) is 4.79 Å². The SMILES string of the molecule is CN1[C@@H]2CC[C@H]1CC(=O)C2.CN1[C@@H]2CC[C@H]1CC(N)C2. The van der Waals surface area contributed by atoms with Gasteiger partial charge in [0.1, 0.15) is 5.78 Å². The van der Waals surface area contributed by atoms with Gasteiger partial charge < -0.3 is 10.6 Å². The van der Waals surface area contributed by atoms with Crippen molar-refractivity contribution in [2.24, 2.45) is 5.73 Å². The molecule has 0 aromatic rings. The van der Waals surface area contributed by atoms with Crippen LogP contribution >= 0.6 is 0 Å². The van der Waals surface area contributed by atoms with E-state index >= 15 is 0 Å². The normalized spacial score (nSPS) is 44.4. The highest BCUT2D eigenvalue weighted by atomic mass is 16.1. The Labute approximate surface area is 122 Å². The van der Waals surface area contributed by atoms with Crippen molar-refractivity contribution in [1.82, 2.24) is 9.80 Å². The Hall–Kier alpha value is -0.450. The van der Waals surface area contributed by atoms with Crippen LogP contribution in [0.3, 0.4) is 0 Å². The third-order valence-corrected chi connectivity index (χ3v) is 6.05. The van der Waals surface area contributed by atoms with Gasteiger partial charge in [0.05, 0.1) is 0 Å². The van der Waals surface area contributed by atoms with Gasteiger partial charge in [0.2, 0.25) is 0 Å². The zero-order valence-corrected chi connectivity index (χ0v) is 12.9. The third kappa shape index (κ3) is 2.78. The molecule has 0 aromatic heterocycles. The molecule has 4 heteroatoms. The number of nitrogens with two attached hydrogens (primary N) is 1. The topological polar surface area (TPSA) is 49.6 Å². The number of rotatable bonds is 0. The molecule has 4 bridgehead atoms. The van der Waals surface area contributed by atoms with E-state index in [4.69, 9.17) is 5.73 Å². The van der Waals surface area contributed by atoms with Gasteiger partial charge in [-0.1, -0.05) is 0 Å². The second-order valence-corrected chi connectivity index (χ2v) is 7.28. The minimum absolute atomic E-state index is 0.477. The molecule has 0 amide bonds. The van der Waals surface area contributed by atoms with Crippen molar-refractivity contribution >= 4 is 5.78 Å². The number of ketones is 1. The molecule has 0 aliphatic carbocycles. The number of nitrogens with zero attached hydrogens (tertiary/aromatic N) is 2. The van der Waals surface area contributed by atoms with Crippen LogP contribution in [-0.4, -0.2) is 59.9 Å². The van der Waals surface area contributed by atoms with Crippen LogP contribution in [0.2, 0.25) is 0 Å². The molecule has 4 aliphatic heterocycles. The molecular formula is C16H29N3O. The molecule has 0 aromatic carbocycles. The van der Waals surface area contributed by atoms with Crippen LogP contribution in [0, 0.1) is 0 Å². The van der Waals surface area contributed by atoms with Gasteiger partial charge >= 0.3 is 0 Å². The first-order valence-electron chi connectivity index (χ1n) is 8.25. The standard InChI is InChI=1S/C8H16N2.C8H13NO/c1-10-7-2-3-8(10)5-6(9)4-7;1-9-6-2-3-7(9)5-8(10)4-6/h6-8H,2-5,9H2,1H3;6-7H,2-5H2,1H3/t6?,7-,8+;6-,7+. The van der Waals surface area contributed by atoms with Gasteiger partial charge in [-0.3, -0.25) is 9.69 Å². The average Bonchev–Trinajstić information content (AvgIpc) is 2.77. The molecule has 4 aliphatic rings. The van der Waals surface area contributed by atoms with Crippen molar-refractivity contribution in [1.29, 1.82) is 0 Å². The molecule has 2 N–H and O–H groups in total. The molecule has 4 saturated heterocycles. The largest absolute Gasteiger partial charge is 0.328 e. The smallest absolute Gasteiger partial charge is 0.136 e. The number of piperidine rings is 2. The summed E-state index contributed by atoms with van der Waals surface area (Å²) in [6.07, 6.45) is 9.34. The third-order valence-electron chi connectivity index (χ3n) is 6.05. The predicted octanol–water partition coefficient (Wildman–Crippen LogP) is 1.38. The van der Waals surface area contributed by atoms with Gasteiger partial charge in [-0.25, -0.2) is 0 Å². The molecule has 0 radical (unpaired) electrons. The first-order chi connectivity index (χ1) is 9.54. The molecule has 4 rings (SSSR count). The van der Waals surface area contributed by atoms with Crippen LogP contribution in [0.25, 0.3) is 0 Å². The highest BCUT2D eigenvalue weighted by Crippen LogP contribution is 2.33. The molecular weight excluding hydrogens is 250 g/mol. The molecule has 4 fully saturated rings. The van der Waals surface area contributed by atoms with Gasteiger partial charge in [0.15, 0.2) is 0 Å². The highest BCUT2D eigenvalue weighted by molar-refractivity contribution is 5.80. The van der Waals surface area contributed by atoms with E-state index in [0.717, 1.165) is 24.9 Å². The van der Waals surface area contributed by atoms with Crippen LogP contribution < -0.4 is 5.73 Å². The summed E-state index contributed by atoms with van der Waals surface area (Å²) in [5.74, 6) is 0.477. The lowest BCUT2D eigenvalue weighted by Crippen LogP contribution is -2.45. The van der Waals surface area contributed by atoms with Crippen LogP contribution in [0.15, 0.2) is 0 Å². The number of carbonyl (C=O) groups excluding carboxylic acids is 1. The Kier molecular flexibility index (Phi) is 4.16. The summed E-state index contributed by atoms with van der Waals surface area (Å²) in [6, 6.07) is 3.30. The van der Waals surface area contributed by atoms with E-state index in [1.165, 1.54) is 38.5 Å². The molecule has 114 valence electrons. The Morgan fingerprint density at radius 3 is 1.75 bits per heavy atom. The summed E-state index contributed by atoms with van der Waals surface area (Å²) < 4.78 is 0. The van der Waals surface area contributed by atoms with Crippen molar-refractivity contribution in [2.75, 3.05) is 14.1 Å². The van der Waals surface area contributed by atoms with Gasteiger partial charge in [-0.05, 0) is 52.6 Å². The number of hydrogen-bond donors (Lipinski definition) is 1. The number of carbonyl (C=O) groups is 1. The fourth-order valence-electron chi connectivity index (χ4n) is 4.64. The number of Topliss-reactive ketones (excluding diaryl/α,β-unsaturated/α-hetero) is 1. The minimum Gasteiger partial charge on any atom is -0.328 e. The Balaban J connectivity index is 0.000000121. The van der Waals surface area contributed by atoms with E-state index in [1.807, 2.05) is 0 Å². The molecule has 0 saturated carbocycles. The molecule has 1 unspecified atom stereocenters. The highest BCUT2D eigenvalue weighted by Gasteiger charge is 2.37. The first kappa shape index (κ1) is 14.5. The molecule has 4 heterocycles. The first-order valence-corrected chi connectivity index (χ1v) is 8.25. The summed E-state index contributed by atoms with van der Waals surface area (Å²) in [4.78, 5) is 15.9. The van der Waals surface area contributed by atoms with Crippen LogP contribution in [0.5, 0.6) is 0 Å². The van der Waals surface area contributed by atoms with E-state index in [-0.39, 0.29) is 0 Å². The summed E-state index contributed by atoms with van der Waals surface area (Å²) in [6.45, 7) is 0. The summed E-state index contributed by atoms with van der Waals surface area (Å²) in [7, 11) is 4.39. The second kappa shape index (κ2) is 5.74. The second-order valence-electron chi connectivity index (χ2n) is 7.28. The van der Waals surface area contributed by atoms with Crippen molar-refractivity contribution in [2.45, 2.75) is 81.6 Å². The van der Waals surface area contributed by atoms with Gasteiger partial charge in [0, 0.05) is 43.1 Å². The fraction of sp³-hybridized carbons (Fsp3) is 0.938. The Morgan fingerprint density at radius 2 is 1.25 bits per heavy atom. The Bertz CT molecular complexity index is 343. The summed E-state index contributed by atoms with van der Waals surface area (Å²) in [5, 5.41) is 0. The molecule has 5 atom stereocenters. The number of hydrogen-bond acceptors (Lipinski definition) is 4. The van der Waals surface area contributed by atoms with Crippen LogP contribution in [0.4, 0.5) is 0 Å². The van der Waals surface area contributed by atoms with E-state index < -0.39 is 0 Å². The van der Waals surface area contributed by atoms with Gasteiger partial charge in [-0.2, -0.15) is 0 Å². The minimum atomic E-state index is 0.477. The van der Waals surface area contributed by atoms with Crippen molar-refractivity contribution in [3.63, 3.8) is 0 Å². The molecule has 4 nitrogen and oxygen atoms in total. The van der Waals surface area contributed by atoms with E-state index in [2.05, 4.69) is 23.9 Å². The number of fused-ring (bicyclic) bond motifs is 4. The fourth-order valence-corrected chi connectivity index (χ4v) is 4.64. The monoisotopic (exact) mass is 279 g/mol. The molecule has 20 heavy (non-hydrogen) atoms. The zero-order valence-electron chi connectivity index (χ0n) is 12.9. The Morgan fingerprint density at radius 1 is 0.850 bits per heavy atom. The maximum atomic E-state index is 11.0. The van der Waals surface area contributed by atoms with Crippen molar-refractivity contribution < 1.29 is 4.79 Å². The summed E-state index contributed by atoms with van der Waals surface area (Å²) in [5.41, 5.74) is 5.89. The van der Waals surface area contributed by atoms with Crippen LogP contribution in [0.1, 0.15) is 51.4 Å². The lowest BCUT2D eigenvalue weighted by molar-refractivity contribution is -0.123. The van der Waals surface area contributed by atoms with E-state index in [0.29, 0.717) is 23.9 Å². The van der Waals surface area contributed by atoms with Crippen molar-refractivity contribution in [3.8, 4) is 0 Å². The average molecular weight is 279 g/mol. The predicted molar refractivity (Wildman–Crippen MR) is 80.6 cm³/mol. The maximum Gasteiger partial charge on any atom is 0.136 e. The lowest BCUT2D eigenvalue weighted by Gasteiger charge is -2.34. The molecule has 0 spiro atoms. The van der Waals surface area contributed by atoms with Gasteiger partial charge in [-0.15, -0.1) is 0 Å². The van der Waals surface area contributed by atoms with Crippen molar-refractivity contribution in [3.05, 3.63) is 0 Å². The summed E-state index contributed by atoms with van der Waals surface area (Å²) >= 11 is 0. The lowest BCUT2D eigenvalue weighted by atomic mass is 9.99. The quantitative estimate of drug-likeness (QED) is 0.728.